The number of rotatable bonds is 15. The van der Waals surface area contributed by atoms with Gasteiger partial charge in [0.25, 0.3) is 0 Å². The Bertz CT molecular complexity index is 1990. The molecule has 3 aromatic carbocycles. The van der Waals surface area contributed by atoms with E-state index in [4.69, 9.17) is 15.0 Å². The molecule has 0 amide bonds. The van der Waals surface area contributed by atoms with Gasteiger partial charge in [-0.1, -0.05) is 85.1 Å². The van der Waals surface area contributed by atoms with Crippen LogP contribution in [0.1, 0.15) is 102 Å². The highest BCUT2D eigenvalue weighted by molar-refractivity contribution is 5.96. The standard InChI is InChI=1S/C45H56N6/c1-7-13-34-43(31-16-19-40-37(25-31)46-28-49(40)22-10-4)35(14-8-2)45(33-18-21-42-39(27-33)48-30-51(42)24-12-6)36(15-9-3)44(34)32-17-20-41-38(26-32)47-29-50(41)23-11-5/h16-21,25-30,37,40H,7-15,22-24H2,1-6H3. The fourth-order valence-corrected chi connectivity index (χ4v) is 8.71. The SMILES string of the molecule is CCCc1c(C2=CC3N=CN(CCC)C3C=C2)c(CCC)c(-c2ccc3c(c2)ncn3CCC)c(CCC)c1-c1ccc2c(c1)ncn2CCC. The number of aryl methyl sites for hydroxylation is 2. The average molecular weight is 681 g/mol. The Hall–Kier alpha value is -4.45. The van der Waals surface area contributed by atoms with Gasteiger partial charge < -0.3 is 14.0 Å². The highest BCUT2D eigenvalue weighted by atomic mass is 15.2. The number of fused-ring (bicyclic) bond motifs is 3. The van der Waals surface area contributed by atoms with E-state index >= 15 is 0 Å². The van der Waals surface area contributed by atoms with Crippen LogP contribution in [-0.4, -0.2) is 49.0 Å². The van der Waals surface area contributed by atoms with E-state index in [0.29, 0.717) is 6.04 Å². The topological polar surface area (TPSA) is 51.2 Å². The average Bonchev–Trinajstić information content (AvgIpc) is 3.86. The van der Waals surface area contributed by atoms with Crippen LogP contribution < -0.4 is 0 Å². The van der Waals surface area contributed by atoms with Crippen LogP contribution in [0.25, 0.3) is 49.9 Å². The Balaban J connectivity index is 1.54. The Labute approximate surface area is 305 Å². The van der Waals surface area contributed by atoms with E-state index in [9.17, 15) is 0 Å². The van der Waals surface area contributed by atoms with Gasteiger partial charge in [-0.05, 0) is 119 Å². The maximum Gasteiger partial charge on any atom is 0.0958 e. The third kappa shape index (κ3) is 6.47. The lowest BCUT2D eigenvalue weighted by molar-refractivity contribution is 0.377. The third-order valence-electron chi connectivity index (χ3n) is 10.8. The zero-order valence-corrected chi connectivity index (χ0v) is 31.8. The van der Waals surface area contributed by atoms with Crippen LogP contribution in [0.4, 0.5) is 0 Å². The minimum absolute atomic E-state index is 0.139. The van der Waals surface area contributed by atoms with Crippen LogP contribution in [0.3, 0.4) is 0 Å². The van der Waals surface area contributed by atoms with Crippen LogP contribution in [0.5, 0.6) is 0 Å². The van der Waals surface area contributed by atoms with Crippen molar-refractivity contribution in [3.05, 3.63) is 89.5 Å². The molecular weight excluding hydrogens is 625 g/mol. The van der Waals surface area contributed by atoms with E-state index in [1.165, 1.54) is 61.1 Å². The molecule has 2 unspecified atom stereocenters. The van der Waals surface area contributed by atoms with E-state index in [-0.39, 0.29) is 6.04 Å². The number of nitrogens with zero attached hydrogens (tertiary/aromatic N) is 6. The highest BCUT2D eigenvalue weighted by Crippen LogP contribution is 2.47. The summed E-state index contributed by atoms with van der Waals surface area (Å²) in [6, 6.07) is 14.5. The Morgan fingerprint density at radius 1 is 0.588 bits per heavy atom. The molecule has 51 heavy (non-hydrogen) atoms. The molecule has 5 aromatic rings. The van der Waals surface area contributed by atoms with Crippen LogP contribution >= 0.6 is 0 Å². The van der Waals surface area contributed by atoms with Gasteiger partial charge in [0.05, 0.1) is 53.1 Å². The Morgan fingerprint density at radius 2 is 1.10 bits per heavy atom. The van der Waals surface area contributed by atoms with E-state index in [0.717, 1.165) is 88.5 Å². The molecule has 0 N–H and O–H groups in total. The molecule has 2 atom stereocenters. The minimum Gasteiger partial charge on any atom is -0.354 e. The predicted octanol–water partition coefficient (Wildman–Crippen LogP) is 10.8. The van der Waals surface area contributed by atoms with Crippen molar-refractivity contribution in [2.24, 2.45) is 4.99 Å². The van der Waals surface area contributed by atoms with E-state index in [2.05, 4.69) is 117 Å². The van der Waals surface area contributed by atoms with Gasteiger partial charge in [-0.15, -0.1) is 0 Å². The third-order valence-corrected chi connectivity index (χ3v) is 10.8. The lowest BCUT2D eigenvalue weighted by atomic mass is 9.75. The fourth-order valence-electron chi connectivity index (χ4n) is 8.71. The lowest BCUT2D eigenvalue weighted by Gasteiger charge is -2.31. The second-order valence-electron chi connectivity index (χ2n) is 14.6. The maximum absolute atomic E-state index is 5.05. The summed E-state index contributed by atoms with van der Waals surface area (Å²) in [5.74, 6) is 0. The second-order valence-corrected chi connectivity index (χ2v) is 14.6. The smallest absolute Gasteiger partial charge is 0.0958 e. The van der Waals surface area contributed by atoms with Gasteiger partial charge in [0, 0.05) is 19.6 Å². The number of aromatic nitrogens is 4. The number of aliphatic imine (C=N–C) groups is 1. The van der Waals surface area contributed by atoms with Gasteiger partial charge in [-0.25, -0.2) is 9.97 Å². The molecule has 0 saturated carbocycles. The van der Waals surface area contributed by atoms with E-state index < -0.39 is 0 Å². The summed E-state index contributed by atoms with van der Waals surface area (Å²) in [7, 11) is 0. The van der Waals surface area contributed by atoms with Crippen molar-refractivity contribution in [2.75, 3.05) is 6.54 Å². The van der Waals surface area contributed by atoms with Gasteiger partial charge >= 0.3 is 0 Å². The van der Waals surface area contributed by atoms with E-state index in [1.54, 1.807) is 0 Å². The molecule has 266 valence electrons. The molecule has 0 radical (unpaired) electrons. The number of hydrogen-bond acceptors (Lipinski definition) is 4. The number of benzene rings is 3. The van der Waals surface area contributed by atoms with Gasteiger partial charge in [0.2, 0.25) is 0 Å². The minimum atomic E-state index is 0.139. The number of imidazole rings is 2. The molecule has 1 aliphatic carbocycles. The van der Waals surface area contributed by atoms with Crippen molar-refractivity contribution < 1.29 is 0 Å². The van der Waals surface area contributed by atoms with Crippen LogP contribution in [0.15, 0.2) is 72.3 Å². The summed E-state index contributed by atoms with van der Waals surface area (Å²) in [6.07, 6.45) is 23.0. The van der Waals surface area contributed by atoms with Crippen molar-refractivity contribution in [2.45, 2.75) is 125 Å². The first-order chi connectivity index (χ1) is 25.0. The van der Waals surface area contributed by atoms with Crippen molar-refractivity contribution in [1.29, 1.82) is 0 Å². The number of hydrogen-bond donors (Lipinski definition) is 0. The molecule has 1 aliphatic heterocycles. The molecule has 2 aliphatic rings. The molecule has 6 nitrogen and oxygen atoms in total. The lowest BCUT2D eigenvalue weighted by Crippen LogP contribution is -2.35. The zero-order chi connectivity index (χ0) is 35.5. The van der Waals surface area contributed by atoms with Crippen LogP contribution in [0.2, 0.25) is 0 Å². The Morgan fingerprint density at radius 3 is 1.59 bits per heavy atom. The van der Waals surface area contributed by atoms with Gasteiger partial charge in [0.15, 0.2) is 0 Å². The fraction of sp³-hybridized carbons (Fsp3) is 0.444. The molecule has 0 bridgehead atoms. The second kappa shape index (κ2) is 15.4. The normalized spacial score (nSPS) is 16.9. The summed E-state index contributed by atoms with van der Waals surface area (Å²) in [4.78, 5) is 17.3. The molecule has 0 spiro atoms. The summed E-state index contributed by atoms with van der Waals surface area (Å²) < 4.78 is 4.59. The molecule has 0 fully saturated rings. The highest BCUT2D eigenvalue weighted by Gasteiger charge is 2.32. The van der Waals surface area contributed by atoms with Crippen molar-refractivity contribution in [3.63, 3.8) is 0 Å². The van der Waals surface area contributed by atoms with Crippen molar-refractivity contribution >= 4 is 34.0 Å². The predicted molar refractivity (Wildman–Crippen MR) is 217 cm³/mol. The summed E-state index contributed by atoms with van der Waals surface area (Å²) in [5.41, 5.74) is 17.1. The first kappa shape index (κ1) is 35.0. The molecule has 2 aromatic heterocycles. The first-order valence-corrected chi connectivity index (χ1v) is 19.8. The largest absolute Gasteiger partial charge is 0.354 e. The summed E-state index contributed by atoms with van der Waals surface area (Å²) in [6.45, 7) is 16.7. The zero-order valence-electron chi connectivity index (χ0n) is 31.8. The molecule has 7 rings (SSSR count). The summed E-state index contributed by atoms with van der Waals surface area (Å²) in [5, 5.41) is 0. The molecule has 0 saturated heterocycles. The molecular formula is C45H56N6. The molecule has 6 heteroatoms. The maximum atomic E-state index is 5.05. The van der Waals surface area contributed by atoms with Gasteiger partial charge in [-0.2, -0.15) is 0 Å². The van der Waals surface area contributed by atoms with Crippen molar-refractivity contribution in [1.82, 2.24) is 24.0 Å². The summed E-state index contributed by atoms with van der Waals surface area (Å²) >= 11 is 0. The van der Waals surface area contributed by atoms with Gasteiger partial charge in [-0.3, -0.25) is 4.99 Å². The van der Waals surface area contributed by atoms with Crippen LogP contribution in [0, 0.1) is 0 Å². The Kier molecular flexibility index (Phi) is 10.6. The quantitative estimate of drug-likeness (QED) is 0.111. The van der Waals surface area contributed by atoms with Crippen molar-refractivity contribution in [3.8, 4) is 22.3 Å². The molecule has 3 heterocycles. The number of allylic oxidation sites excluding steroid dienone is 2. The first-order valence-electron chi connectivity index (χ1n) is 19.8. The monoisotopic (exact) mass is 680 g/mol. The van der Waals surface area contributed by atoms with E-state index in [1.807, 2.05) is 12.7 Å². The van der Waals surface area contributed by atoms with Gasteiger partial charge in [0.1, 0.15) is 0 Å². The van der Waals surface area contributed by atoms with Crippen LogP contribution in [-0.2, 0) is 32.4 Å².